The first-order valence-electron chi connectivity index (χ1n) is 5.83. The first-order chi connectivity index (χ1) is 8.78. The molecule has 0 aliphatic rings. The van der Waals surface area contributed by atoms with Gasteiger partial charge >= 0.3 is 0 Å². The smallest absolute Gasteiger partial charge is 0.119 e. The Bertz CT molecular complexity index is 474. The average molecular weight is 244 g/mol. The first-order valence-corrected chi connectivity index (χ1v) is 5.83. The van der Waals surface area contributed by atoms with E-state index in [4.69, 9.17) is 14.6 Å². The van der Waals surface area contributed by atoms with Crippen molar-refractivity contribution in [3.05, 3.63) is 54.1 Å². The molecule has 0 unspecified atom stereocenters. The zero-order valence-corrected chi connectivity index (χ0v) is 10.3. The van der Waals surface area contributed by atoms with E-state index in [0.29, 0.717) is 6.61 Å². The van der Waals surface area contributed by atoms with Gasteiger partial charge in [0, 0.05) is 6.42 Å². The lowest BCUT2D eigenvalue weighted by molar-refractivity contribution is 0.321. The Labute approximate surface area is 107 Å². The van der Waals surface area contributed by atoms with Crippen molar-refractivity contribution in [2.75, 3.05) is 13.7 Å². The van der Waals surface area contributed by atoms with E-state index in [1.165, 1.54) is 0 Å². The van der Waals surface area contributed by atoms with Crippen LogP contribution in [0.3, 0.4) is 0 Å². The largest absolute Gasteiger partial charge is 0.508 e. The summed E-state index contributed by atoms with van der Waals surface area (Å²) >= 11 is 0. The van der Waals surface area contributed by atoms with Gasteiger partial charge in [-0.05, 0) is 42.0 Å². The molecule has 0 atom stereocenters. The Morgan fingerprint density at radius 3 is 2.11 bits per heavy atom. The predicted molar refractivity (Wildman–Crippen MR) is 70.3 cm³/mol. The van der Waals surface area contributed by atoms with Gasteiger partial charge < -0.3 is 14.6 Å². The molecular formula is C15H16O3. The normalized spacial score (nSPS) is 10.1. The van der Waals surface area contributed by atoms with E-state index in [-0.39, 0.29) is 5.75 Å². The summed E-state index contributed by atoms with van der Waals surface area (Å²) < 4.78 is 10.7. The maximum absolute atomic E-state index is 9.17. The molecule has 0 radical (unpaired) electrons. The molecular weight excluding hydrogens is 228 g/mol. The number of phenolic OH excluding ortho intramolecular Hbond substituents is 1. The van der Waals surface area contributed by atoms with Crippen LogP contribution in [0, 0.1) is 0 Å². The summed E-state index contributed by atoms with van der Waals surface area (Å²) in [5.41, 5.74) is 1.14. The number of rotatable bonds is 5. The lowest BCUT2D eigenvalue weighted by Gasteiger charge is -2.07. The van der Waals surface area contributed by atoms with Crippen molar-refractivity contribution in [2.24, 2.45) is 0 Å². The van der Waals surface area contributed by atoms with Gasteiger partial charge in [0.25, 0.3) is 0 Å². The zero-order chi connectivity index (χ0) is 12.8. The molecule has 2 rings (SSSR count). The maximum Gasteiger partial charge on any atom is 0.119 e. The standard InChI is InChI=1S/C15H16O3/c1-17-14-6-8-15(9-7-14)18-11-10-12-2-4-13(16)5-3-12/h2-9,16H,10-11H2,1H3. The first kappa shape index (κ1) is 12.3. The highest BCUT2D eigenvalue weighted by atomic mass is 16.5. The van der Waals surface area contributed by atoms with Gasteiger partial charge in [0.05, 0.1) is 13.7 Å². The van der Waals surface area contributed by atoms with E-state index in [1.54, 1.807) is 19.2 Å². The van der Waals surface area contributed by atoms with Crippen molar-refractivity contribution < 1.29 is 14.6 Å². The Kier molecular flexibility index (Phi) is 4.07. The summed E-state index contributed by atoms with van der Waals surface area (Å²) in [6.07, 6.45) is 0.812. The highest BCUT2D eigenvalue weighted by Crippen LogP contribution is 2.17. The molecule has 3 nitrogen and oxygen atoms in total. The zero-order valence-electron chi connectivity index (χ0n) is 10.3. The molecule has 1 N–H and O–H groups in total. The van der Waals surface area contributed by atoms with Crippen molar-refractivity contribution in [2.45, 2.75) is 6.42 Å². The van der Waals surface area contributed by atoms with Crippen molar-refractivity contribution in [3.8, 4) is 17.2 Å². The minimum absolute atomic E-state index is 0.287. The molecule has 0 fully saturated rings. The number of hydrogen-bond acceptors (Lipinski definition) is 3. The minimum atomic E-state index is 0.287. The fourth-order valence-electron chi connectivity index (χ4n) is 1.62. The molecule has 0 saturated carbocycles. The molecule has 2 aromatic rings. The summed E-state index contributed by atoms with van der Waals surface area (Å²) in [4.78, 5) is 0. The van der Waals surface area contributed by atoms with E-state index in [9.17, 15) is 0 Å². The Morgan fingerprint density at radius 2 is 1.50 bits per heavy atom. The summed E-state index contributed by atoms with van der Waals surface area (Å²) in [5, 5.41) is 9.17. The van der Waals surface area contributed by atoms with Gasteiger partial charge in [0.1, 0.15) is 17.2 Å². The Hall–Kier alpha value is -2.16. The summed E-state index contributed by atoms with van der Waals surface area (Å²) in [6.45, 7) is 0.608. The van der Waals surface area contributed by atoms with Crippen LogP contribution in [0.5, 0.6) is 17.2 Å². The second kappa shape index (κ2) is 5.96. The van der Waals surface area contributed by atoms with Crippen molar-refractivity contribution in [1.29, 1.82) is 0 Å². The van der Waals surface area contributed by atoms with Crippen LogP contribution in [0.25, 0.3) is 0 Å². The quantitative estimate of drug-likeness (QED) is 0.878. The van der Waals surface area contributed by atoms with Gasteiger partial charge in [-0.15, -0.1) is 0 Å². The van der Waals surface area contributed by atoms with Crippen molar-refractivity contribution >= 4 is 0 Å². The maximum atomic E-state index is 9.17. The SMILES string of the molecule is COc1ccc(OCCc2ccc(O)cc2)cc1. The molecule has 0 aliphatic heterocycles. The van der Waals surface area contributed by atoms with Crippen LogP contribution < -0.4 is 9.47 Å². The van der Waals surface area contributed by atoms with Gasteiger partial charge in [-0.3, -0.25) is 0 Å². The summed E-state index contributed by atoms with van der Waals surface area (Å²) in [7, 11) is 1.64. The monoisotopic (exact) mass is 244 g/mol. The Balaban J connectivity index is 1.82. The van der Waals surface area contributed by atoms with Crippen LogP contribution in [-0.2, 0) is 6.42 Å². The lowest BCUT2D eigenvalue weighted by atomic mass is 10.1. The number of methoxy groups -OCH3 is 1. The number of benzene rings is 2. The minimum Gasteiger partial charge on any atom is -0.508 e. The number of ether oxygens (including phenoxy) is 2. The van der Waals surface area contributed by atoms with Gasteiger partial charge in [0.15, 0.2) is 0 Å². The van der Waals surface area contributed by atoms with Crippen LogP contribution in [0.1, 0.15) is 5.56 Å². The molecule has 3 heteroatoms. The molecule has 2 aromatic carbocycles. The second-order valence-electron chi connectivity index (χ2n) is 3.94. The third-order valence-corrected chi connectivity index (χ3v) is 2.66. The highest BCUT2D eigenvalue weighted by molar-refractivity contribution is 5.31. The van der Waals surface area contributed by atoms with E-state index < -0.39 is 0 Å². The van der Waals surface area contributed by atoms with Gasteiger partial charge in [-0.25, -0.2) is 0 Å². The molecule has 0 heterocycles. The topological polar surface area (TPSA) is 38.7 Å². The average Bonchev–Trinajstić information content (AvgIpc) is 2.42. The summed E-state index contributed by atoms with van der Waals surface area (Å²) in [6, 6.07) is 14.7. The molecule has 0 amide bonds. The number of hydrogen-bond donors (Lipinski definition) is 1. The van der Waals surface area contributed by atoms with Gasteiger partial charge in [-0.2, -0.15) is 0 Å². The number of aromatic hydroxyl groups is 1. The molecule has 0 bridgehead atoms. The molecule has 94 valence electrons. The highest BCUT2D eigenvalue weighted by Gasteiger charge is 1.97. The van der Waals surface area contributed by atoms with Crippen LogP contribution in [-0.4, -0.2) is 18.8 Å². The fourth-order valence-corrected chi connectivity index (χ4v) is 1.62. The van der Waals surface area contributed by atoms with Crippen molar-refractivity contribution in [3.63, 3.8) is 0 Å². The lowest BCUT2D eigenvalue weighted by Crippen LogP contribution is -2.01. The molecule has 0 saturated heterocycles. The fraction of sp³-hybridized carbons (Fsp3) is 0.200. The van der Waals surface area contributed by atoms with Crippen LogP contribution >= 0.6 is 0 Å². The van der Waals surface area contributed by atoms with E-state index in [0.717, 1.165) is 23.5 Å². The Morgan fingerprint density at radius 1 is 0.889 bits per heavy atom. The van der Waals surface area contributed by atoms with Crippen LogP contribution in [0.4, 0.5) is 0 Å². The molecule has 0 spiro atoms. The van der Waals surface area contributed by atoms with Crippen LogP contribution in [0.15, 0.2) is 48.5 Å². The molecule has 18 heavy (non-hydrogen) atoms. The predicted octanol–water partition coefficient (Wildman–Crippen LogP) is 3.02. The van der Waals surface area contributed by atoms with E-state index in [2.05, 4.69) is 0 Å². The molecule has 0 aliphatic carbocycles. The van der Waals surface area contributed by atoms with E-state index in [1.807, 2.05) is 36.4 Å². The number of phenols is 1. The van der Waals surface area contributed by atoms with Gasteiger partial charge in [-0.1, -0.05) is 12.1 Å². The molecule has 0 aromatic heterocycles. The second-order valence-corrected chi connectivity index (χ2v) is 3.94. The van der Waals surface area contributed by atoms with Crippen molar-refractivity contribution in [1.82, 2.24) is 0 Å². The third-order valence-electron chi connectivity index (χ3n) is 2.66. The van der Waals surface area contributed by atoms with Gasteiger partial charge in [0.2, 0.25) is 0 Å². The third kappa shape index (κ3) is 3.42. The van der Waals surface area contributed by atoms with E-state index >= 15 is 0 Å². The van der Waals surface area contributed by atoms with Crippen LogP contribution in [0.2, 0.25) is 0 Å². The summed E-state index contributed by atoms with van der Waals surface area (Å²) in [5.74, 6) is 1.94.